The van der Waals surface area contributed by atoms with Gasteiger partial charge in [0.1, 0.15) is 0 Å². The molecule has 1 atom stereocenters. The van der Waals surface area contributed by atoms with E-state index in [9.17, 15) is 0 Å². The van der Waals surface area contributed by atoms with Gasteiger partial charge >= 0.3 is 0 Å². The normalized spacial score (nSPS) is 15.4. The Morgan fingerprint density at radius 1 is 0.957 bits per heavy atom. The molecule has 0 saturated carbocycles. The molecule has 0 unspecified atom stereocenters. The maximum Gasteiger partial charge on any atom is 0.0370 e. The van der Waals surface area contributed by atoms with E-state index in [1.807, 2.05) is 0 Å². The van der Waals surface area contributed by atoms with Crippen LogP contribution in [0, 0.1) is 5.92 Å². The zero-order chi connectivity index (χ0) is 16.1. The molecule has 0 spiro atoms. The van der Waals surface area contributed by atoms with Crippen LogP contribution >= 0.6 is 0 Å². The average Bonchev–Trinajstić information content (AvgIpc) is 3.02. The van der Waals surface area contributed by atoms with Crippen molar-refractivity contribution in [2.45, 2.75) is 52.0 Å². The molecule has 0 fully saturated rings. The number of nitrogens with zero attached hydrogens (tertiary/aromatic N) is 1. The van der Waals surface area contributed by atoms with Crippen molar-refractivity contribution in [2.75, 3.05) is 11.4 Å². The summed E-state index contributed by atoms with van der Waals surface area (Å²) in [5.41, 5.74) is 4.47. The van der Waals surface area contributed by atoms with Crippen LogP contribution in [-0.2, 0) is 12.8 Å². The summed E-state index contributed by atoms with van der Waals surface area (Å²) in [7, 11) is 0. The zero-order valence-corrected chi connectivity index (χ0v) is 14.5. The number of hydrogen-bond acceptors (Lipinski definition) is 1. The number of para-hydroxylation sites is 1. The third-order valence-corrected chi connectivity index (χ3v) is 5.12. The number of fused-ring (bicyclic) bond motifs is 1. The van der Waals surface area contributed by atoms with Crippen molar-refractivity contribution in [3.8, 4) is 0 Å². The number of rotatable bonds is 7. The van der Waals surface area contributed by atoms with Gasteiger partial charge in [0.25, 0.3) is 0 Å². The van der Waals surface area contributed by atoms with E-state index in [4.69, 9.17) is 0 Å². The first-order valence-electron chi connectivity index (χ1n) is 9.16. The van der Waals surface area contributed by atoms with Gasteiger partial charge in [0, 0.05) is 18.3 Å². The maximum absolute atomic E-state index is 2.67. The lowest BCUT2D eigenvalue weighted by molar-refractivity contribution is 0.469. The molecular formula is C22H29N. The lowest BCUT2D eigenvalue weighted by Crippen LogP contribution is -2.39. The predicted molar refractivity (Wildman–Crippen MR) is 100 cm³/mol. The zero-order valence-electron chi connectivity index (χ0n) is 14.5. The molecule has 0 aliphatic heterocycles. The topological polar surface area (TPSA) is 3.24 Å². The molecule has 0 heterocycles. The van der Waals surface area contributed by atoms with Crippen LogP contribution in [0.4, 0.5) is 5.69 Å². The molecule has 2 aromatic rings. The Labute approximate surface area is 141 Å². The van der Waals surface area contributed by atoms with E-state index >= 15 is 0 Å². The van der Waals surface area contributed by atoms with E-state index in [2.05, 4.69) is 73.3 Å². The van der Waals surface area contributed by atoms with Crippen LogP contribution in [0.5, 0.6) is 0 Å². The molecule has 122 valence electrons. The molecule has 0 saturated heterocycles. The summed E-state index contributed by atoms with van der Waals surface area (Å²) in [6.45, 7) is 5.87. The Bertz CT molecular complexity index is 579. The van der Waals surface area contributed by atoms with Crippen molar-refractivity contribution in [3.05, 3.63) is 65.7 Å². The van der Waals surface area contributed by atoms with Crippen molar-refractivity contribution >= 4 is 5.69 Å². The predicted octanol–water partition coefficient (Wildman–Crippen LogP) is 5.49. The van der Waals surface area contributed by atoms with Crippen LogP contribution in [-0.4, -0.2) is 12.6 Å². The molecule has 2 aromatic carbocycles. The second-order valence-electron chi connectivity index (χ2n) is 7.07. The van der Waals surface area contributed by atoms with Gasteiger partial charge in [0.05, 0.1) is 0 Å². The highest BCUT2D eigenvalue weighted by atomic mass is 15.2. The van der Waals surface area contributed by atoms with Gasteiger partial charge in [0.15, 0.2) is 0 Å². The summed E-state index contributed by atoms with van der Waals surface area (Å²) in [5.74, 6) is 0.749. The number of unbranched alkanes of at least 4 members (excludes halogenated alkanes) is 1. The molecule has 1 nitrogen and oxygen atoms in total. The van der Waals surface area contributed by atoms with Gasteiger partial charge in [-0.2, -0.15) is 0 Å². The van der Waals surface area contributed by atoms with Gasteiger partial charge in [-0.05, 0) is 48.4 Å². The molecule has 0 aromatic heterocycles. The monoisotopic (exact) mass is 307 g/mol. The van der Waals surface area contributed by atoms with E-state index < -0.39 is 0 Å². The molecular weight excluding hydrogens is 278 g/mol. The van der Waals surface area contributed by atoms with Crippen LogP contribution in [0.25, 0.3) is 0 Å². The lowest BCUT2D eigenvalue weighted by atomic mass is 10.0. The van der Waals surface area contributed by atoms with Crippen LogP contribution in [0.1, 0.15) is 44.2 Å². The summed E-state index contributed by atoms with van der Waals surface area (Å²) in [5, 5.41) is 0. The van der Waals surface area contributed by atoms with Crippen LogP contribution in [0.3, 0.4) is 0 Å². The van der Waals surface area contributed by atoms with Gasteiger partial charge in [-0.3, -0.25) is 0 Å². The standard InChI is InChI=1S/C22H29N/c1-3-4-10-18(2)17-23(21-13-6-5-7-14-21)22-15-19-11-8-9-12-20(19)16-22/h5-9,11-14,18,22H,3-4,10,15-17H2,1-2H3/t18-/m0/s1. The van der Waals surface area contributed by atoms with Crippen LogP contribution in [0.15, 0.2) is 54.6 Å². The second-order valence-corrected chi connectivity index (χ2v) is 7.07. The number of hydrogen-bond donors (Lipinski definition) is 0. The van der Waals surface area contributed by atoms with E-state index in [1.165, 1.54) is 44.3 Å². The van der Waals surface area contributed by atoms with Crippen molar-refractivity contribution < 1.29 is 0 Å². The quantitative estimate of drug-likeness (QED) is 0.654. The third-order valence-electron chi connectivity index (χ3n) is 5.12. The van der Waals surface area contributed by atoms with Crippen LogP contribution in [0.2, 0.25) is 0 Å². The van der Waals surface area contributed by atoms with Crippen LogP contribution < -0.4 is 4.90 Å². The van der Waals surface area contributed by atoms with E-state index in [-0.39, 0.29) is 0 Å². The Balaban J connectivity index is 1.76. The SMILES string of the molecule is CCCC[C@H](C)CN(c1ccccc1)C1Cc2ccccc2C1. The minimum Gasteiger partial charge on any atom is -0.368 e. The Kier molecular flexibility index (Phi) is 5.38. The molecule has 1 heteroatoms. The molecule has 0 radical (unpaired) electrons. The third kappa shape index (κ3) is 3.96. The fourth-order valence-corrected chi connectivity index (χ4v) is 3.82. The van der Waals surface area contributed by atoms with Crippen molar-refractivity contribution in [3.63, 3.8) is 0 Å². The summed E-state index contributed by atoms with van der Waals surface area (Å²) < 4.78 is 0. The Hall–Kier alpha value is -1.76. The average molecular weight is 307 g/mol. The summed E-state index contributed by atoms with van der Waals surface area (Å²) in [6, 6.07) is 20.6. The van der Waals surface area contributed by atoms with Gasteiger partial charge in [-0.25, -0.2) is 0 Å². The molecule has 1 aliphatic rings. The van der Waals surface area contributed by atoms with Gasteiger partial charge in [0.2, 0.25) is 0 Å². The number of benzene rings is 2. The van der Waals surface area contributed by atoms with Gasteiger partial charge < -0.3 is 4.90 Å². The highest BCUT2D eigenvalue weighted by molar-refractivity contribution is 5.49. The second kappa shape index (κ2) is 7.68. The summed E-state index contributed by atoms with van der Waals surface area (Å²) in [6.07, 6.45) is 6.34. The maximum atomic E-state index is 2.67. The Morgan fingerprint density at radius 3 is 2.17 bits per heavy atom. The highest BCUT2D eigenvalue weighted by Gasteiger charge is 2.27. The fourth-order valence-electron chi connectivity index (χ4n) is 3.82. The van der Waals surface area contributed by atoms with Crippen molar-refractivity contribution in [2.24, 2.45) is 5.92 Å². The molecule has 0 amide bonds. The fraction of sp³-hybridized carbons (Fsp3) is 0.455. The van der Waals surface area contributed by atoms with E-state index in [1.54, 1.807) is 11.1 Å². The molecule has 0 bridgehead atoms. The summed E-state index contributed by atoms with van der Waals surface area (Å²) in [4.78, 5) is 2.67. The minimum atomic E-state index is 0.610. The summed E-state index contributed by atoms with van der Waals surface area (Å²) >= 11 is 0. The highest BCUT2D eigenvalue weighted by Crippen LogP contribution is 2.30. The Morgan fingerprint density at radius 2 is 1.57 bits per heavy atom. The smallest absolute Gasteiger partial charge is 0.0370 e. The number of anilines is 1. The largest absolute Gasteiger partial charge is 0.368 e. The molecule has 3 rings (SSSR count). The molecule has 0 N–H and O–H groups in total. The van der Waals surface area contributed by atoms with Crippen molar-refractivity contribution in [1.29, 1.82) is 0 Å². The first-order chi connectivity index (χ1) is 11.3. The van der Waals surface area contributed by atoms with E-state index in [0.717, 1.165) is 5.92 Å². The minimum absolute atomic E-state index is 0.610. The lowest BCUT2D eigenvalue weighted by Gasteiger charge is -2.33. The van der Waals surface area contributed by atoms with E-state index in [0.29, 0.717) is 6.04 Å². The first-order valence-corrected chi connectivity index (χ1v) is 9.16. The van der Waals surface area contributed by atoms with Crippen molar-refractivity contribution in [1.82, 2.24) is 0 Å². The first kappa shape index (κ1) is 16.1. The molecule has 23 heavy (non-hydrogen) atoms. The van der Waals surface area contributed by atoms with Gasteiger partial charge in [-0.1, -0.05) is 69.2 Å². The molecule has 1 aliphatic carbocycles. The van der Waals surface area contributed by atoms with Gasteiger partial charge in [-0.15, -0.1) is 0 Å².